The molecular weight excluding hydrogens is 254 g/mol. The number of hydrogen-bond donors (Lipinski definition) is 0. The minimum absolute atomic E-state index is 0. The van der Waals surface area contributed by atoms with Crippen molar-refractivity contribution < 1.29 is 18.9 Å². The molecule has 3 aromatic rings. The van der Waals surface area contributed by atoms with Crippen molar-refractivity contribution in [1.82, 2.24) is 0 Å². The van der Waals surface area contributed by atoms with Gasteiger partial charge in [-0.3, -0.25) is 0 Å². The van der Waals surface area contributed by atoms with E-state index in [0.717, 1.165) is 0 Å². The van der Waals surface area contributed by atoms with Crippen LogP contribution < -0.4 is 34.8 Å². The van der Waals surface area contributed by atoms with Crippen LogP contribution in [0.2, 0.25) is 0 Å². The van der Waals surface area contributed by atoms with Gasteiger partial charge in [0.25, 0.3) is 0 Å². The minimum Gasteiger partial charge on any atom is -0.176 e. The molecule has 0 heterocycles. The molecule has 0 fully saturated rings. The molecule has 0 N–H and O–H groups in total. The SMILES string of the molecule is [Li+].[c-]1ccccc1P(c1ccccc1)c1ccccc1. The van der Waals surface area contributed by atoms with Gasteiger partial charge in [0.2, 0.25) is 0 Å². The Hall–Kier alpha value is -1.31. The summed E-state index contributed by atoms with van der Waals surface area (Å²) in [6.45, 7) is 0. The molecule has 0 aliphatic rings. The summed E-state index contributed by atoms with van der Waals surface area (Å²) in [5, 5.41) is 4.01. The molecule has 0 atom stereocenters. The first-order chi connectivity index (χ1) is 9.45. The predicted molar refractivity (Wildman–Crippen MR) is 84.0 cm³/mol. The van der Waals surface area contributed by atoms with E-state index in [2.05, 4.69) is 78.9 Å². The fourth-order valence-electron chi connectivity index (χ4n) is 2.10. The molecule has 0 saturated heterocycles. The second kappa shape index (κ2) is 7.46. The zero-order valence-corrected chi connectivity index (χ0v) is 12.4. The topological polar surface area (TPSA) is 0 Å². The van der Waals surface area contributed by atoms with Crippen LogP contribution in [0.25, 0.3) is 0 Å². The van der Waals surface area contributed by atoms with Crippen LogP contribution >= 0.6 is 7.92 Å². The fourth-order valence-corrected chi connectivity index (χ4v) is 4.34. The minimum atomic E-state index is -0.502. The molecule has 0 aliphatic carbocycles. The Morgan fingerprint density at radius 2 is 1.10 bits per heavy atom. The van der Waals surface area contributed by atoms with Crippen molar-refractivity contribution in [2.24, 2.45) is 0 Å². The summed E-state index contributed by atoms with van der Waals surface area (Å²) in [7, 11) is -0.502. The number of hydrogen-bond acceptors (Lipinski definition) is 0. The van der Waals surface area contributed by atoms with Crippen LogP contribution in [-0.4, -0.2) is 0 Å². The summed E-state index contributed by atoms with van der Waals surface area (Å²) in [5.41, 5.74) is 0. The molecule has 0 spiro atoms. The van der Waals surface area contributed by atoms with Gasteiger partial charge in [0.1, 0.15) is 0 Å². The van der Waals surface area contributed by atoms with Crippen LogP contribution in [0.5, 0.6) is 0 Å². The summed E-state index contributed by atoms with van der Waals surface area (Å²) in [4.78, 5) is 0. The third-order valence-corrected chi connectivity index (χ3v) is 5.35. The van der Waals surface area contributed by atoms with Gasteiger partial charge in [-0.15, -0.1) is 5.30 Å². The van der Waals surface area contributed by atoms with Crippen LogP contribution in [0.1, 0.15) is 0 Å². The molecule has 92 valence electrons. The van der Waals surface area contributed by atoms with E-state index in [1.165, 1.54) is 15.9 Å². The van der Waals surface area contributed by atoms with Crippen LogP contribution in [0.3, 0.4) is 0 Å². The van der Waals surface area contributed by atoms with Gasteiger partial charge in [-0.25, -0.2) is 0 Å². The standard InChI is InChI=1S/C18H14P.Li/c1-4-10-16(11-5-1)19(17-12-6-2-7-13-17)18-14-8-3-9-15-18;/h1-14H;/q-1;+1. The maximum atomic E-state index is 3.39. The zero-order chi connectivity index (χ0) is 12.9. The molecule has 0 saturated carbocycles. The monoisotopic (exact) mass is 268 g/mol. The van der Waals surface area contributed by atoms with Crippen molar-refractivity contribution in [1.29, 1.82) is 0 Å². The predicted octanol–water partition coefficient (Wildman–Crippen LogP) is 0.249. The number of rotatable bonds is 3. The van der Waals surface area contributed by atoms with Gasteiger partial charge in [0.15, 0.2) is 0 Å². The molecule has 0 aromatic heterocycles. The van der Waals surface area contributed by atoms with Crippen LogP contribution in [0.4, 0.5) is 0 Å². The Morgan fingerprint density at radius 3 is 1.55 bits per heavy atom. The Kier molecular flexibility index (Phi) is 5.63. The van der Waals surface area contributed by atoms with Crippen molar-refractivity contribution in [3.05, 3.63) is 91.0 Å². The second-order valence-electron chi connectivity index (χ2n) is 4.25. The van der Waals surface area contributed by atoms with Crippen molar-refractivity contribution in [3.8, 4) is 0 Å². The average Bonchev–Trinajstić information content (AvgIpc) is 2.51. The Bertz CT molecular complexity index is 529. The van der Waals surface area contributed by atoms with Gasteiger partial charge in [0, 0.05) is 0 Å². The van der Waals surface area contributed by atoms with Crippen LogP contribution in [0.15, 0.2) is 84.9 Å². The van der Waals surface area contributed by atoms with E-state index < -0.39 is 7.92 Å². The largest absolute Gasteiger partial charge is 1.00 e. The molecule has 0 aliphatic heterocycles. The van der Waals surface area contributed by atoms with E-state index in [1.54, 1.807) is 0 Å². The Balaban J connectivity index is 0.00000147. The quantitative estimate of drug-likeness (QED) is 0.363. The first-order valence-electron chi connectivity index (χ1n) is 6.32. The summed E-state index contributed by atoms with van der Waals surface area (Å²) in [6.07, 6.45) is 0. The molecule has 2 heteroatoms. The van der Waals surface area contributed by atoms with E-state index >= 15 is 0 Å². The summed E-state index contributed by atoms with van der Waals surface area (Å²) < 4.78 is 0. The molecule has 0 radical (unpaired) electrons. The molecule has 20 heavy (non-hydrogen) atoms. The molecule has 0 bridgehead atoms. The first-order valence-corrected chi connectivity index (χ1v) is 7.66. The van der Waals surface area contributed by atoms with Gasteiger partial charge < -0.3 is 0 Å². The van der Waals surface area contributed by atoms with Gasteiger partial charge in [-0.1, -0.05) is 60.7 Å². The van der Waals surface area contributed by atoms with E-state index in [1.807, 2.05) is 12.1 Å². The summed E-state index contributed by atoms with van der Waals surface area (Å²) in [6, 6.07) is 33.1. The molecule has 3 rings (SSSR count). The van der Waals surface area contributed by atoms with E-state index in [9.17, 15) is 0 Å². The fraction of sp³-hybridized carbons (Fsp3) is 0. The van der Waals surface area contributed by atoms with Crippen molar-refractivity contribution >= 4 is 23.8 Å². The van der Waals surface area contributed by atoms with E-state index in [-0.39, 0.29) is 18.9 Å². The first kappa shape index (κ1) is 15.1. The maximum absolute atomic E-state index is 3.39. The summed E-state index contributed by atoms with van der Waals surface area (Å²) >= 11 is 0. The van der Waals surface area contributed by atoms with E-state index in [4.69, 9.17) is 0 Å². The van der Waals surface area contributed by atoms with Gasteiger partial charge in [0.05, 0.1) is 0 Å². The third-order valence-electron chi connectivity index (χ3n) is 2.96. The Morgan fingerprint density at radius 1 is 0.600 bits per heavy atom. The molecule has 0 amide bonds. The zero-order valence-electron chi connectivity index (χ0n) is 11.5. The van der Waals surface area contributed by atoms with Crippen LogP contribution in [-0.2, 0) is 0 Å². The van der Waals surface area contributed by atoms with Gasteiger partial charge in [-0.2, -0.15) is 30.3 Å². The Labute approximate surface area is 133 Å². The maximum Gasteiger partial charge on any atom is 1.00 e. The molecule has 0 unspecified atom stereocenters. The molecule has 3 aromatic carbocycles. The average molecular weight is 268 g/mol. The van der Waals surface area contributed by atoms with Crippen molar-refractivity contribution in [3.63, 3.8) is 0 Å². The van der Waals surface area contributed by atoms with Gasteiger partial charge in [-0.05, 0) is 18.5 Å². The number of benzene rings is 3. The van der Waals surface area contributed by atoms with E-state index in [0.29, 0.717) is 0 Å². The van der Waals surface area contributed by atoms with Crippen molar-refractivity contribution in [2.45, 2.75) is 0 Å². The van der Waals surface area contributed by atoms with Crippen LogP contribution in [0, 0.1) is 6.07 Å². The second-order valence-corrected chi connectivity index (χ2v) is 6.44. The molecular formula is C18H14LiP. The third kappa shape index (κ3) is 3.41. The summed E-state index contributed by atoms with van der Waals surface area (Å²) in [5.74, 6) is 0. The van der Waals surface area contributed by atoms with Crippen molar-refractivity contribution in [2.75, 3.05) is 0 Å². The smallest absolute Gasteiger partial charge is 0.176 e. The van der Waals surface area contributed by atoms with Gasteiger partial charge >= 0.3 is 18.9 Å². The molecule has 0 nitrogen and oxygen atoms in total. The normalized spacial score (nSPS) is 10.1.